The molecule has 0 spiro atoms. The number of carbonyl (C=O) groups is 1. The number of aliphatic imine (C=N–C) groups is 1. The van der Waals surface area contributed by atoms with Gasteiger partial charge in [-0.05, 0) is 38.2 Å². The number of benzene rings is 1. The van der Waals surface area contributed by atoms with Gasteiger partial charge < -0.3 is 25.4 Å². The van der Waals surface area contributed by atoms with Crippen LogP contribution in [0.1, 0.15) is 44.6 Å². The summed E-state index contributed by atoms with van der Waals surface area (Å²) in [6.45, 7) is 3.41. The Hall–Kier alpha value is -1.71. The van der Waals surface area contributed by atoms with Gasteiger partial charge in [0.1, 0.15) is 0 Å². The smallest absolute Gasteiger partial charge is 0.239 e. The number of halogens is 1. The number of nitrogens with zero attached hydrogens (tertiary/aromatic N) is 1. The zero-order chi connectivity index (χ0) is 19.5. The van der Waals surface area contributed by atoms with Crippen LogP contribution in [-0.2, 0) is 11.3 Å². The van der Waals surface area contributed by atoms with Crippen molar-refractivity contribution in [3.05, 3.63) is 23.8 Å². The Balaban J connectivity index is 0.00000392. The predicted octanol–water partition coefficient (Wildman–Crippen LogP) is 2.83. The monoisotopic (exact) mass is 504 g/mol. The van der Waals surface area contributed by atoms with E-state index in [0.717, 1.165) is 36.3 Å². The molecule has 7 nitrogen and oxygen atoms in total. The summed E-state index contributed by atoms with van der Waals surface area (Å²) >= 11 is 0. The van der Waals surface area contributed by atoms with Gasteiger partial charge >= 0.3 is 0 Å². The number of amides is 1. The predicted molar refractivity (Wildman–Crippen MR) is 123 cm³/mol. The van der Waals surface area contributed by atoms with E-state index in [0.29, 0.717) is 19.0 Å². The summed E-state index contributed by atoms with van der Waals surface area (Å²) in [5.41, 5.74) is 1.000. The number of para-hydroxylation sites is 1. The van der Waals surface area contributed by atoms with Gasteiger partial charge in [-0.1, -0.05) is 19.1 Å². The molecule has 8 heteroatoms. The van der Waals surface area contributed by atoms with Crippen LogP contribution >= 0.6 is 24.0 Å². The van der Waals surface area contributed by atoms with Crippen molar-refractivity contribution in [2.45, 2.75) is 51.7 Å². The first-order valence-corrected chi connectivity index (χ1v) is 9.71. The van der Waals surface area contributed by atoms with Gasteiger partial charge in [0.2, 0.25) is 5.91 Å². The minimum absolute atomic E-state index is 0. The molecule has 3 N–H and O–H groups in total. The van der Waals surface area contributed by atoms with Crippen molar-refractivity contribution in [3.63, 3.8) is 0 Å². The van der Waals surface area contributed by atoms with Gasteiger partial charge in [-0.3, -0.25) is 9.79 Å². The Morgan fingerprint density at radius 3 is 2.61 bits per heavy atom. The molecular weight excluding hydrogens is 471 g/mol. The van der Waals surface area contributed by atoms with Gasteiger partial charge in [0.15, 0.2) is 17.5 Å². The zero-order valence-electron chi connectivity index (χ0n) is 17.0. The van der Waals surface area contributed by atoms with E-state index >= 15 is 0 Å². The van der Waals surface area contributed by atoms with Gasteiger partial charge in [-0.2, -0.15) is 0 Å². The van der Waals surface area contributed by atoms with E-state index in [1.54, 1.807) is 14.2 Å². The van der Waals surface area contributed by atoms with E-state index in [1.165, 1.54) is 12.8 Å². The molecule has 1 aliphatic carbocycles. The molecule has 0 unspecified atom stereocenters. The fourth-order valence-electron chi connectivity index (χ4n) is 3.06. The van der Waals surface area contributed by atoms with Gasteiger partial charge in [-0.25, -0.2) is 0 Å². The van der Waals surface area contributed by atoms with Crippen LogP contribution in [0.2, 0.25) is 0 Å². The molecule has 1 fully saturated rings. The standard InChI is InChI=1S/C20H32N4O3.HI/c1-4-12-22-18(25)14-24-20(21-2)23-13-15-8-7-11-17(26-3)19(15)27-16-9-5-6-10-16;/h7-8,11,16H,4-6,9-10,12-14H2,1-3H3,(H,22,25)(H2,21,23,24);1H. The topological polar surface area (TPSA) is 84.0 Å². The second-order valence-corrected chi connectivity index (χ2v) is 6.60. The number of hydrogen-bond donors (Lipinski definition) is 3. The van der Waals surface area contributed by atoms with E-state index in [1.807, 2.05) is 25.1 Å². The first-order valence-electron chi connectivity index (χ1n) is 9.71. The second-order valence-electron chi connectivity index (χ2n) is 6.60. The van der Waals surface area contributed by atoms with Gasteiger partial charge in [0, 0.05) is 25.7 Å². The molecule has 1 saturated carbocycles. The minimum Gasteiger partial charge on any atom is -0.493 e. The lowest BCUT2D eigenvalue weighted by Crippen LogP contribution is -2.43. The molecule has 0 aromatic heterocycles. The molecule has 1 aromatic rings. The van der Waals surface area contributed by atoms with Crippen molar-refractivity contribution in [1.82, 2.24) is 16.0 Å². The van der Waals surface area contributed by atoms with Crippen molar-refractivity contribution >= 4 is 35.8 Å². The van der Waals surface area contributed by atoms with E-state index in [9.17, 15) is 4.79 Å². The van der Waals surface area contributed by atoms with Crippen molar-refractivity contribution in [2.24, 2.45) is 4.99 Å². The van der Waals surface area contributed by atoms with Crippen LogP contribution < -0.4 is 25.4 Å². The Bertz CT molecular complexity index is 634. The third-order valence-electron chi connectivity index (χ3n) is 4.53. The molecule has 2 rings (SSSR count). The Morgan fingerprint density at radius 2 is 1.96 bits per heavy atom. The molecule has 0 bridgehead atoms. The van der Waals surface area contributed by atoms with E-state index < -0.39 is 0 Å². The second kappa shape index (κ2) is 13.5. The molecule has 1 amide bonds. The lowest BCUT2D eigenvalue weighted by molar-refractivity contribution is -0.120. The van der Waals surface area contributed by atoms with Crippen molar-refractivity contribution in [2.75, 3.05) is 27.2 Å². The fraction of sp³-hybridized carbons (Fsp3) is 0.600. The number of carbonyl (C=O) groups excluding carboxylic acids is 1. The summed E-state index contributed by atoms with van der Waals surface area (Å²) in [6.07, 6.45) is 5.76. The van der Waals surface area contributed by atoms with Crippen LogP contribution in [0.4, 0.5) is 0 Å². The van der Waals surface area contributed by atoms with Gasteiger partial charge in [-0.15, -0.1) is 24.0 Å². The van der Waals surface area contributed by atoms with E-state index in [-0.39, 0.29) is 42.5 Å². The van der Waals surface area contributed by atoms with Crippen molar-refractivity contribution < 1.29 is 14.3 Å². The summed E-state index contributed by atoms with van der Waals surface area (Å²) in [7, 11) is 3.34. The van der Waals surface area contributed by atoms with Crippen LogP contribution in [-0.4, -0.2) is 45.2 Å². The van der Waals surface area contributed by atoms with Gasteiger partial charge in [0.25, 0.3) is 0 Å². The quantitative estimate of drug-likeness (QED) is 0.274. The normalized spacial score (nSPS) is 14.2. The fourth-order valence-corrected chi connectivity index (χ4v) is 3.06. The maximum Gasteiger partial charge on any atom is 0.239 e. The highest BCUT2D eigenvalue weighted by Crippen LogP contribution is 2.34. The summed E-state index contributed by atoms with van der Waals surface area (Å²) in [5, 5.41) is 9.09. The minimum atomic E-state index is -0.0496. The Kier molecular flexibility index (Phi) is 11.7. The average Bonchev–Trinajstić information content (AvgIpc) is 3.20. The molecular formula is C20H33IN4O3. The molecule has 0 radical (unpaired) electrons. The summed E-state index contributed by atoms with van der Waals surface area (Å²) in [5.74, 6) is 2.04. The zero-order valence-corrected chi connectivity index (χ0v) is 19.4. The highest BCUT2D eigenvalue weighted by Gasteiger charge is 2.20. The van der Waals surface area contributed by atoms with Crippen LogP contribution in [0.15, 0.2) is 23.2 Å². The van der Waals surface area contributed by atoms with Crippen LogP contribution in [0.25, 0.3) is 0 Å². The molecule has 0 heterocycles. The number of rotatable bonds is 9. The van der Waals surface area contributed by atoms with Crippen molar-refractivity contribution in [1.29, 1.82) is 0 Å². The highest BCUT2D eigenvalue weighted by molar-refractivity contribution is 14.0. The maximum absolute atomic E-state index is 11.7. The lowest BCUT2D eigenvalue weighted by Gasteiger charge is -2.20. The highest BCUT2D eigenvalue weighted by atomic mass is 127. The van der Waals surface area contributed by atoms with E-state index in [2.05, 4.69) is 20.9 Å². The van der Waals surface area contributed by atoms with Crippen LogP contribution in [0.5, 0.6) is 11.5 Å². The summed E-state index contributed by atoms with van der Waals surface area (Å²) in [6, 6.07) is 5.88. The average molecular weight is 504 g/mol. The third kappa shape index (κ3) is 7.73. The first kappa shape index (κ1) is 24.3. The number of nitrogens with one attached hydrogen (secondary N) is 3. The molecule has 158 valence electrons. The summed E-state index contributed by atoms with van der Waals surface area (Å²) < 4.78 is 11.7. The number of methoxy groups -OCH3 is 1. The Morgan fingerprint density at radius 1 is 1.21 bits per heavy atom. The molecule has 0 aliphatic heterocycles. The molecule has 0 atom stereocenters. The molecule has 0 saturated heterocycles. The largest absolute Gasteiger partial charge is 0.493 e. The van der Waals surface area contributed by atoms with Gasteiger partial charge in [0.05, 0.1) is 19.8 Å². The molecule has 28 heavy (non-hydrogen) atoms. The molecule has 1 aromatic carbocycles. The first-order chi connectivity index (χ1) is 13.2. The van der Waals surface area contributed by atoms with Crippen molar-refractivity contribution in [3.8, 4) is 11.5 Å². The number of hydrogen-bond acceptors (Lipinski definition) is 4. The Labute approximate surface area is 185 Å². The lowest BCUT2D eigenvalue weighted by atomic mass is 10.1. The maximum atomic E-state index is 11.7. The summed E-state index contributed by atoms with van der Waals surface area (Å²) in [4.78, 5) is 15.9. The number of ether oxygens (including phenoxy) is 2. The third-order valence-corrected chi connectivity index (χ3v) is 4.53. The van der Waals surface area contributed by atoms with Crippen LogP contribution in [0.3, 0.4) is 0 Å². The number of guanidine groups is 1. The SMILES string of the molecule is CCCNC(=O)CNC(=NC)NCc1cccc(OC)c1OC1CCCC1.I. The van der Waals surface area contributed by atoms with Crippen LogP contribution in [0, 0.1) is 0 Å². The van der Waals surface area contributed by atoms with E-state index in [4.69, 9.17) is 9.47 Å². The molecule has 1 aliphatic rings.